The molecule has 2 fully saturated rings. The predicted molar refractivity (Wildman–Crippen MR) is 69.3 cm³/mol. The topological polar surface area (TPSA) is 40.6 Å². The Hall–Kier alpha value is 0.160. The van der Waals surface area contributed by atoms with E-state index in [1.165, 1.54) is 0 Å². The maximum Gasteiger partial charge on any atom is 0.281 e. The molecule has 0 spiro atoms. The summed E-state index contributed by atoms with van der Waals surface area (Å²) in [5.41, 5.74) is 0. The highest BCUT2D eigenvalue weighted by Gasteiger charge is 2.36. The van der Waals surface area contributed by atoms with Gasteiger partial charge in [-0.3, -0.25) is 0 Å². The average Bonchev–Trinajstić information content (AvgIpc) is 2.76. The normalized spacial score (nSPS) is 33.1. The van der Waals surface area contributed by atoms with E-state index in [4.69, 9.17) is 11.6 Å². The van der Waals surface area contributed by atoms with Gasteiger partial charge in [0.05, 0.1) is 0 Å². The molecule has 100 valence electrons. The van der Waals surface area contributed by atoms with Crippen LogP contribution in [0, 0.1) is 11.8 Å². The molecule has 4 nitrogen and oxygen atoms in total. The third kappa shape index (κ3) is 2.95. The molecule has 2 heterocycles. The summed E-state index contributed by atoms with van der Waals surface area (Å²) >= 11 is 5.84. The fourth-order valence-corrected chi connectivity index (χ4v) is 4.75. The van der Waals surface area contributed by atoms with Gasteiger partial charge in [0.25, 0.3) is 10.2 Å². The van der Waals surface area contributed by atoms with Crippen molar-refractivity contribution in [1.29, 1.82) is 0 Å². The zero-order valence-corrected chi connectivity index (χ0v) is 11.9. The summed E-state index contributed by atoms with van der Waals surface area (Å²) in [5.74, 6) is 1.36. The Balaban J connectivity index is 2.04. The van der Waals surface area contributed by atoms with Gasteiger partial charge >= 0.3 is 0 Å². The van der Waals surface area contributed by atoms with Crippen LogP contribution in [0.3, 0.4) is 0 Å². The summed E-state index contributed by atoms with van der Waals surface area (Å²) in [6.07, 6.45) is 2.96. The van der Waals surface area contributed by atoms with E-state index >= 15 is 0 Å². The van der Waals surface area contributed by atoms with Crippen LogP contribution in [-0.2, 0) is 10.2 Å². The van der Waals surface area contributed by atoms with Gasteiger partial charge in [-0.15, -0.1) is 11.6 Å². The van der Waals surface area contributed by atoms with E-state index < -0.39 is 10.2 Å². The molecule has 0 radical (unpaired) electrons. The van der Waals surface area contributed by atoms with Crippen molar-refractivity contribution < 1.29 is 8.42 Å². The fraction of sp³-hybridized carbons (Fsp3) is 1.00. The Kier molecular flexibility index (Phi) is 4.34. The van der Waals surface area contributed by atoms with Crippen molar-refractivity contribution in [1.82, 2.24) is 8.61 Å². The molecular formula is C11H21ClN2O2S. The molecule has 0 aromatic heterocycles. The van der Waals surface area contributed by atoms with Gasteiger partial charge in [-0.2, -0.15) is 17.0 Å². The van der Waals surface area contributed by atoms with Crippen molar-refractivity contribution >= 4 is 21.8 Å². The van der Waals surface area contributed by atoms with E-state index in [2.05, 4.69) is 6.92 Å². The molecule has 17 heavy (non-hydrogen) atoms. The van der Waals surface area contributed by atoms with Crippen LogP contribution in [0.1, 0.15) is 26.2 Å². The van der Waals surface area contributed by atoms with Gasteiger partial charge in [-0.25, -0.2) is 0 Å². The van der Waals surface area contributed by atoms with Crippen LogP contribution in [0.4, 0.5) is 0 Å². The number of hydrogen-bond donors (Lipinski definition) is 0. The van der Waals surface area contributed by atoms with Gasteiger partial charge < -0.3 is 0 Å². The van der Waals surface area contributed by atoms with Crippen molar-refractivity contribution in [2.45, 2.75) is 26.2 Å². The fourth-order valence-electron chi connectivity index (χ4n) is 2.63. The highest BCUT2D eigenvalue weighted by Crippen LogP contribution is 2.25. The molecule has 2 unspecified atom stereocenters. The zero-order valence-electron chi connectivity index (χ0n) is 10.3. The lowest BCUT2D eigenvalue weighted by atomic mass is 10.0. The smallest absolute Gasteiger partial charge is 0.195 e. The molecule has 2 saturated heterocycles. The molecule has 0 aliphatic carbocycles. The summed E-state index contributed by atoms with van der Waals surface area (Å²) < 4.78 is 28.1. The Bertz CT molecular complexity index is 360. The van der Waals surface area contributed by atoms with Crippen LogP contribution < -0.4 is 0 Å². The summed E-state index contributed by atoms with van der Waals surface area (Å²) in [5, 5.41) is 0. The van der Waals surface area contributed by atoms with Crippen LogP contribution in [0.5, 0.6) is 0 Å². The lowest BCUT2D eigenvalue weighted by Crippen LogP contribution is -2.47. The summed E-state index contributed by atoms with van der Waals surface area (Å²) in [6, 6.07) is 0. The number of halogens is 1. The zero-order chi connectivity index (χ0) is 12.5. The van der Waals surface area contributed by atoms with E-state index in [0.717, 1.165) is 19.3 Å². The number of piperidine rings is 1. The summed E-state index contributed by atoms with van der Waals surface area (Å²) in [4.78, 5) is 0. The Morgan fingerprint density at radius 2 is 1.88 bits per heavy atom. The van der Waals surface area contributed by atoms with Gasteiger partial charge in [0.2, 0.25) is 0 Å². The van der Waals surface area contributed by atoms with Crippen LogP contribution in [0.15, 0.2) is 0 Å². The second-order valence-electron chi connectivity index (χ2n) is 5.28. The molecule has 2 atom stereocenters. The van der Waals surface area contributed by atoms with Crippen LogP contribution in [-0.4, -0.2) is 49.1 Å². The summed E-state index contributed by atoms with van der Waals surface area (Å²) in [6.45, 7) is 4.69. The number of nitrogens with zero attached hydrogens (tertiary/aromatic N) is 2. The highest BCUT2D eigenvalue weighted by atomic mass is 35.5. The lowest BCUT2D eigenvalue weighted by molar-refractivity contribution is 0.265. The first kappa shape index (κ1) is 13.6. The quantitative estimate of drug-likeness (QED) is 0.736. The van der Waals surface area contributed by atoms with Crippen molar-refractivity contribution in [2.24, 2.45) is 11.8 Å². The van der Waals surface area contributed by atoms with Gasteiger partial charge in [-0.1, -0.05) is 6.92 Å². The van der Waals surface area contributed by atoms with Crippen LogP contribution in [0.2, 0.25) is 0 Å². The van der Waals surface area contributed by atoms with E-state index in [1.54, 1.807) is 8.61 Å². The number of alkyl halides is 1. The lowest BCUT2D eigenvalue weighted by Gasteiger charge is -2.33. The minimum Gasteiger partial charge on any atom is -0.195 e. The third-order valence-corrected chi connectivity index (χ3v) is 6.14. The second-order valence-corrected chi connectivity index (χ2v) is 7.52. The first-order valence-corrected chi connectivity index (χ1v) is 8.28. The molecule has 0 aromatic carbocycles. The molecule has 6 heteroatoms. The van der Waals surface area contributed by atoms with Gasteiger partial charge in [0.15, 0.2) is 0 Å². The average molecular weight is 281 g/mol. The highest BCUT2D eigenvalue weighted by molar-refractivity contribution is 7.86. The first-order chi connectivity index (χ1) is 8.04. The molecule has 0 N–H and O–H groups in total. The first-order valence-electron chi connectivity index (χ1n) is 6.35. The van der Waals surface area contributed by atoms with Crippen molar-refractivity contribution in [3.8, 4) is 0 Å². The molecule has 0 saturated carbocycles. The summed E-state index contributed by atoms with van der Waals surface area (Å²) in [7, 11) is -3.23. The maximum absolute atomic E-state index is 12.4. The van der Waals surface area contributed by atoms with Gasteiger partial charge in [0.1, 0.15) is 0 Å². The van der Waals surface area contributed by atoms with Crippen molar-refractivity contribution in [3.05, 3.63) is 0 Å². The van der Waals surface area contributed by atoms with E-state index in [0.29, 0.717) is 43.9 Å². The van der Waals surface area contributed by atoms with Crippen molar-refractivity contribution in [2.75, 3.05) is 32.1 Å². The molecule has 0 bridgehead atoms. The molecular weight excluding hydrogens is 260 g/mol. The second kappa shape index (κ2) is 5.43. The van der Waals surface area contributed by atoms with E-state index in [1.807, 2.05) is 0 Å². The van der Waals surface area contributed by atoms with E-state index in [-0.39, 0.29) is 0 Å². The van der Waals surface area contributed by atoms with Crippen molar-refractivity contribution in [3.63, 3.8) is 0 Å². The largest absolute Gasteiger partial charge is 0.281 e. The Morgan fingerprint density at radius 1 is 1.18 bits per heavy atom. The molecule has 0 amide bonds. The Labute approximate surface area is 109 Å². The SMILES string of the molecule is CC1CCN(S(=O)(=O)N2CCCC(CCl)C2)C1. The standard InChI is InChI=1S/C11H21ClN2O2S/c1-10-4-6-14(8-10)17(15,16)13-5-2-3-11(7-12)9-13/h10-11H,2-9H2,1H3. The van der Waals surface area contributed by atoms with E-state index in [9.17, 15) is 8.42 Å². The molecule has 2 aliphatic rings. The molecule has 2 aliphatic heterocycles. The van der Waals surface area contributed by atoms with Gasteiger partial charge in [-0.05, 0) is 31.1 Å². The molecule has 0 aromatic rings. The predicted octanol–water partition coefficient (Wildman–Crippen LogP) is 1.52. The number of hydrogen-bond acceptors (Lipinski definition) is 2. The van der Waals surface area contributed by atoms with Crippen LogP contribution in [0.25, 0.3) is 0 Å². The minimum atomic E-state index is -3.23. The van der Waals surface area contributed by atoms with Gasteiger partial charge in [0, 0.05) is 32.1 Å². The Morgan fingerprint density at radius 3 is 2.47 bits per heavy atom. The minimum absolute atomic E-state index is 0.320. The van der Waals surface area contributed by atoms with Crippen LogP contribution >= 0.6 is 11.6 Å². The number of rotatable bonds is 3. The monoisotopic (exact) mass is 280 g/mol. The molecule has 2 rings (SSSR count). The maximum atomic E-state index is 12.4. The third-order valence-electron chi connectivity index (χ3n) is 3.74.